The fourth-order valence-electron chi connectivity index (χ4n) is 3.44. The van der Waals surface area contributed by atoms with Crippen LogP contribution in [0.2, 0.25) is 5.15 Å². The van der Waals surface area contributed by atoms with Gasteiger partial charge in [0.15, 0.2) is 6.20 Å². The quantitative estimate of drug-likeness (QED) is 0.481. The molecule has 7 heteroatoms. The molecular formula is C15H20ClN3O3. The first kappa shape index (κ1) is 15.4. The minimum Gasteiger partial charge on any atom is -0.618 e. The van der Waals surface area contributed by atoms with E-state index in [-0.39, 0.29) is 11.2 Å². The lowest BCUT2D eigenvalue weighted by molar-refractivity contribution is -0.603. The van der Waals surface area contributed by atoms with Gasteiger partial charge in [0, 0.05) is 37.3 Å². The summed E-state index contributed by atoms with van der Waals surface area (Å²) in [4.78, 5) is 16.0. The normalized spacial score (nSPS) is 24.5. The average molecular weight is 326 g/mol. The first-order valence-electron chi connectivity index (χ1n) is 7.62. The second kappa shape index (κ2) is 6.30. The van der Waals surface area contributed by atoms with E-state index in [0.29, 0.717) is 36.4 Å². The van der Waals surface area contributed by atoms with Gasteiger partial charge in [-0.1, -0.05) is 0 Å². The fourth-order valence-corrected chi connectivity index (χ4v) is 3.55. The Hall–Kier alpha value is -1.53. The van der Waals surface area contributed by atoms with Crippen molar-refractivity contribution in [3.63, 3.8) is 0 Å². The van der Waals surface area contributed by atoms with E-state index in [1.165, 1.54) is 6.20 Å². The Morgan fingerprint density at radius 1 is 1.50 bits per heavy atom. The molecule has 0 aromatic carbocycles. The molecule has 2 aliphatic heterocycles. The molecule has 0 saturated carbocycles. The van der Waals surface area contributed by atoms with Crippen LogP contribution in [0.15, 0.2) is 18.3 Å². The van der Waals surface area contributed by atoms with Crippen LogP contribution in [0, 0.1) is 11.1 Å². The lowest BCUT2D eigenvalue weighted by Crippen LogP contribution is -2.37. The lowest BCUT2D eigenvalue weighted by atomic mass is 10.1. The highest BCUT2D eigenvalue weighted by Crippen LogP contribution is 2.32. The molecule has 3 rings (SSSR count). The van der Waals surface area contributed by atoms with E-state index in [0.717, 1.165) is 25.1 Å². The number of hydrogen-bond acceptors (Lipinski definition) is 4. The summed E-state index contributed by atoms with van der Waals surface area (Å²) in [6.45, 7) is 5.39. The molecule has 6 nitrogen and oxygen atoms in total. The highest BCUT2D eigenvalue weighted by molar-refractivity contribution is 6.28. The van der Waals surface area contributed by atoms with Crippen molar-refractivity contribution < 1.29 is 14.3 Å². The third kappa shape index (κ3) is 2.98. The standard InChI is InChI=1S/C15H20ClN3O3/c1-2-22-15(20)18-9-12-5-6-17(13(12)10-18)7-11-3-4-14(16)19(21)8-11/h3-4,8,12-13H,2,5-7,9-10H2,1H3/t12-,13+/m0/s1. The molecule has 0 spiro atoms. The van der Waals surface area contributed by atoms with Gasteiger partial charge in [0.1, 0.15) is 0 Å². The van der Waals surface area contributed by atoms with E-state index in [1.807, 2.05) is 13.0 Å². The zero-order chi connectivity index (χ0) is 15.7. The summed E-state index contributed by atoms with van der Waals surface area (Å²) in [5.41, 5.74) is 0.939. The second-order valence-corrected chi connectivity index (χ2v) is 6.26. The molecule has 1 aromatic heterocycles. The molecule has 1 amide bonds. The summed E-state index contributed by atoms with van der Waals surface area (Å²) in [6.07, 6.45) is 2.37. The average Bonchev–Trinajstić information content (AvgIpc) is 3.05. The Bertz CT molecular complexity index is 569. The number of ether oxygens (including phenoxy) is 1. The molecule has 2 saturated heterocycles. The maximum Gasteiger partial charge on any atom is 0.409 e. The van der Waals surface area contributed by atoms with E-state index in [9.17, 15) is 10.0 Å². The minimum absolute atomic E-state index is 0.178. The van der Waals surface area contributed by atoms with Gasteiger partial charge in [0.2, 0.25) is 0 Å². The number of likely N-dealkylation sites (tertiary alicyclic amines) is 2. The van der Waals surface area contributed by atoms with Crippen molar-refractivity contribution in [3.8, 4) is 0 Å². The topological polar surface area (TPSA) is 59.7 Å². The predicted molar refractivity (Wildman–Crippen MR) is 81.3 cm³/mol. The Morgan fingerprint density at radius 3 is 3.05 bits per heavy atom. The van der Waals surface area contributed by atoms with Crippen LogP contribution in [0.4, 0.5) is 4.79 Å². The fraction of sp³-hybridized carbons (Fsp3) is 0.600. The van der Waals surface area contributed by atoms with Crippen LogP contribution >= 0.6 is 11.6 Å². The van der Waals surface area contributed by atoms with Crippen LogP contribution in [0.25, 0.3) is 0 Å². The number of nitrogens with zero attached hydrogens (tertiary/aromatic N) is 3. The van der Waals surface area contributed by atoms with Crippen molar-refractivity contribution >= 4 is 17.7 Å². The number of carbonyl (C=O) groups is 1. The SMILES string of the molecule is CCOC(=O)N1C[C@@H]2CCN(Cc3ccc(Cl)[n+]([O-])c3)[C@@H]2C1. The van der Waals surface area contributed by atoms with E-state index in [4.69, 9.17) is 16.3 Å². The smallest absolute Gasteiger partial charge is 0.409 e. The lowest BCUT2D eigenvalue weighted by Gasteiger charge is -2.24. The monoisotopic (exact) mass is 325 g/mol. The molecule has 0 aliphatic carbocycles. The summed E-state index contributed by atoms with van der Waals surface area (Å²) >= 11 is 5.75. The number of pyridine rings is 1. The van der Waals surface area contributed by atoms with E-state index in [2.05, 4.69) is 4.90 Å². The van der Waals surface area contributed by atoms with Gasteiger partial charge in [-0.25, -0.2) is 4.79 Å². The summed E-state index contributed by atoms with van der Waals surface area (Å²) in [5, 5.41) is 11.7. The second-order valence-electron chi connectivity index (χ2n) is 5.88. The Labute approximate surface area is 134 Å². The number of fused-ring (bicyclic) bond motifs is 1. The molecule has 3 heterocycles. The van der Waals surface area contributed by atoms with Gasteiger partial charge in [-0.15, -0.1) is 0 Å². The molecule has 22 heavy (non-hydrogen) atoms. The van der Waals surface area contributed by atoms with Gasteiger partial charge in [0.25, 0.3) is 5.15 Å². The number of rotatable bonds is 3. The first-order valence-corrected chi connectivity index (χ1v) is 7.99. The van der Waals surface area contributed by atoms with Gasteiger partial charge < -0.3 is 14.8 Å². The summed E-state index contributed by atoms with van der Waals surface area (Å²) < 4.78 is 5.77. The van der Waals surface area contributed by atoms with Crippen LogP contribution in [0.1, 0.15) is 18.9 Å². The van der Waals surface area contributed by atoms with Crippen LogP contribution in [-0.4, -0.2) is 48.2 Å². The Morgan fingerprint density at radius 2 is 2.32 bits per heavy atom. The van der Waals surface area contributed by atoms with Crippen LogP contribution in [-0.2, 0) is 11.3 Å². The molecule has 2 aliphatic rings. The molecule has 0 N–H and O–H groups in total. The molecule has 120 valence electrons. The number of halogens is 1. The van der Waals surface area contributed by atoms with Crippen LogP contribution in [0.5, 0.6) is 0 Å². The zero-order valence-electron chi connectivity index (χ0n) is 12.6. The number of carbonyl (C=O) groups excluding carboxylic acids is 1. The third-order valence-corrected chi connectivity index (χ3v) is 4.80. The van der Waals surface area contributed by atoms with Crippen molar-refractivity contribution in [2.75, 3.05) is 26.2 Å². The van der Waals surface area contributed by atoms with Gasteiger partial charge in [-0.05, 0) is 43.5 Å². The van der Waals surface area contributed by atoms with E-state index < -0.39 is 0 Å². The van der Waals surface area contributed by atoms with Crippen molar-refractivity contribution in [2.45, 2.75) is 25.9 Å². The number of aromatic nitrogens is 1. The molecule has 0 unspecified atom stereocenters. The molecule has 2 fully saturated rings. The maximum atomic E-state index is 11.8. The Kier molecular flexibility index (Phi) is 4.40. The van der Waals surface area contributed by atoms with Gasteiger partial charge in [-0.3, -0.25) is 4.90 Å². The molecule has 2 atom stereocenters. The largest absolute Gasteiger partial charge is 0.618 e. The predicted octanol–water partition coefficient (Wildman–Crippen LogP) is 1.64. The van der Waals surface area contributed by atoms with Gasteiger partial charge >= 0.3 is 6.09 Å². The Balaban J connectivity index is 1.64. The molecular weight excluding hydrogens is 306 g/mol. The van der Waals surface area contributed by atoms with Crippen LogP contribution < -0.4 is 4.73 Å². The summed E-state index contributed by atoms with van der Waals surface area (Å²) in [6, 6.07) is 3.85. The summed E-state index contributed by atoms with van der Waals surface area (Å²) in [7, 11) is 0. The molecule has 0 bridgehead atoms. The van der Waals surface area contributed by atoms with Crippen LogP contribution in [0.3, 0.4) is 0 Å². The van der Waals surface area contributed by atoms with Crippen molar-refractivity contribution in [1.82, 2.24) is 9.80 Å². The number of hydrogen-bond donors (Lipinski definition) is 0. The number of amides is 1. The van der Waals surface area contributed by atoms with Crippen molar-refractivity contribution in [3.05, 3.63) is 34.3 Å². The first-order chi connectivity index (χ1) is 10.6. The highest BCUT2D eigenvalue weighted by Gasteiger charge is 2.43. The maximum absolute atomic E-state index is 11.8. The van der Waals surface area contributed by atoms with Gasteiger partial charge in [0.05, 0.1) is 6.61 Å². The highest BCUT2D eigenvalue weighted by atomic mass is 35.5. The van der Waals surface area contributed by atoms with E-state index >= 15 is 0 Å². The summed E-state index contributed by atoms with van der Waals surface area (Å²) in [5.74, 6) is 0.496. The van der Waals surface area contributed by atoms with Crippen molar-refractivity contribution in [1.29, 1.82) is 0 Å². The molecule has 0 radical (unpaired) electrons. The third-order valence-electron chi connectivity index (χ3n) is 4.50. The molecule has 1 aromatic rings. The van der Waals surface area contributed by atoms with Crippen molar-refractivity contribution in [2.24, 2.45) is 5.92 Å². The zero-order valence-corrected chi connectivity index (χ0v) is 13.3. The van der Waals surface area contributed by atoms with E-state index in [1.54, 1.807) is 11.0 Å². The minimum atomic E-state index is -0.222. The van der Waals surface area contributed by atoms with Gasteiger partial charge in [-0.2, -0.15) is 4.73 Å².